The summed E-state index contributed by atoms with van der Waals surface area (Å²) in [5.41, 5.74) is 8.67. The third-order valence-corrected chi connectivity index (χ3v) is 4.15. The Kier molecular flexibility index (Phi) is 4.30. The van der Waals surface area contributed by atoms with Crippen LogP contribution in [0.1, 0.15) is 6.92 Å². The van der Waals surface area contributed by atoms with Crippen LogP contribution < -0.4 is 16.8 Å². The predicted molar refractivity (Wildman–Crippen MR) is 78.9 cm³/mol. The van der Waals surface area contributed by atoms with Crippen molar-refractivity contribution in [3.8, 4) is 0 Å². The van der Waals surface area contributed by atoms with Crippen LogP contribution in [0, 0.1) is 0 Å². The lowest BCUT2D eigenvalue weighted by molar-refractivity contribution is -0.137. The number of aromatic nitrogens is 3. The summed E-state index contributed by atoms with van der Waals surface area (Å²) in [5.74, 6) is -0.663. The molecular weight excluding hydrogens is 304 g/mol. The van der Waals surface area contributed by atoms with Gasteiger partial charge in [0.15, 0.2) is 0 Å². The third-order valence-electron chi connectivity index (χ3n) is 2.49. The van der Waals surface area contributed by atoms with E-state index in [0.29, 0.717) is 5.95 Å². The minimum atomic E-state index is -1.11. The number of aliphatic carboxylic acids is 1. The van der Waals surface area contributed by atoms with Gasteiger partial charge < -0.3 is 10.8 Å². The van der Waals surface area contributed by atoms with Gasteiger partial charge in [-0.3, -0.25) is 10.2 Å². The number of rotatable bonds is 5. The second-order valence-corrected chi connectivity index (χ2v) is 5.63. The van der Waals surface area contributed by atoms with E-state index in [4.69, 9.17) is 10.8 Å². The first-order chi connectivity index (χ1) is 9.43. The summed E-state index contributed by atoms with van der Waals surface area (Å²) in [6.07, 6.45) is 3.68. The molecule has 2 heterocycles. The van der Waals surface area contributed by atoms with Crippen LogP contribution in [0.5, 0.6) is 0 Å². The Labute approximate surface area is 123 Å². The van der Waals surface area contributed by atoms with Crippen LogP contribution in [0.4, 0.5) is 5.95 Å². The first-order valence-electron chi connectivity index (χ1n) is 5.56. The molecule has 1 unspecified atom stereocenters. The van der Waals surface area contributed by atoms with E-state index in [1.54, 1.807) is 15.3 Å². The number of fused-ring (bicyclic) bond motifs is 1. The van der Waals surface area contributed by atoms with Gasteiger partial charge in [-0.2, -0.15) is 9.07 Å². The lowest BCUT2D eigenvalue weighted by Crippen LogP contribution is -2.34. The Bertz CT molecular complexity index is 609. The topological polar surface area (TPSA) is 118 Å². The van der Waals surface area contributed by atoms with E-state index in [-0.39, 0.29) is 5.75 Å². The predicted octanol–water partition coefficient (Wildman–Crippen LogP) is -0.308. The number of carbonyl (C=O) groups is 1. The van der Waals surface area contributed by atoms with Crippen LogP contribution in [0.3, 0.4) is 0 Å². The zero-order chi connectivity index (χ0) is 14.9. The number of hydrogen-bond acceptors (Lipinski definition) is 8. The summed E-state index contributed by atoms with van der Waals surface area (Å²) in [5, 5.41) is 8.76. The second kappa shape index (κ2) is 5.81. The van der Waals surface area contributed by atoms with Gasteiger partial charge in [-0.05, 0) is 30.8 Å². The monoisotopic (exact) mass is 318 g/mol. The zero-order valence-corrected chi connectivity index (χ0v) is 12.4. The maximum atomic E-state index is 11.9. The zero-order valence-electron chi connectivity index (χ0n) is 10.8. The highest BCUT2D eigenvalue weighted by atomic mass is 32.2. The Hall–Kier alpha value is -1.59. The molecule has 0 radical (unpaired) electrons. The normalized spacial score (nSPS) is 15.3. The van der Waals surface area contributed by atoms with Crippen molar-refractivity contribution in [1.29, 1.82) is 0 Å². The standard InChI is InChI=1S/C9H14N6O3S2/c1-5-3-13(19-2)12-8-11-9(18)15(14(5)8)20-4-6(10)7(16)17/h3,6H,4,10H2,1-2H3,(H,16,17)(H,11,12,18). The highest BCUT2D eigenvalue weighted by Gasteiger charge is 2.22. The molecule has 0 aromatic carbocycles. The van der Waals surface area contributed by atoms with E-state index in [9.17, 15) is 9.59 Å². The molecule has 2 rings (SSSR count). The molecule has 11 heteroatoms. The van der Waals surface area contributed by atoms with Crippen molar-refractivity contribution < 1.29 is 9.90 Å². The molecule has 0 saturated carbocycles. The number of nitrogens with zero attached hydrogens (tertiary/aromatic N) is 4. The average molecular weight is 318 g/mol. The molecule has 4 N–H and O–H groups in total. The van der Waals surface area contributed by atoms with Gasteiger partial charge >= 0.3 is 11.7 Å². The van der Waals surface area contributed by atoms with E-state index in [0.717, 1.165) is 17.6 Å². The molecule has 1 aromatic rings. The van der Waals surface area contributed by atoms with Crippen molar-refractivity contribution in [2.45, 2.75) is 13.0 Å². The fraction of sp³-hybridized carbons (Fsp3) is 0.444. The van der Waals surface area contributed by atoms with Crippen LogP contribution in [0.2, 0.25) is 0 Å². The number of carboxylic acids is 1. The molecule has 0 aliphatic carbocycles. The van der Waals surface area contributed by atoms with Gasteiger partial charge in [0.05, 0.1) is 11.9 Å². The molecule has 0 spiro atoms. The first kappa shape index (κ1) is 14.8. The fourth-order valence-electron chi connectivity index (χ4n) is 1.52. The summed E-state index contributed by atoms with van der Waals surface area (Å²) in [7, 11) is 0. The van der Waals surface area contributed by atoms with E-state index < -0.39 is 17.7 Å². The van der Waals surface area contributed by atoms with Gasteiger partial charge in [-0.15, -0.1) is 0 Å². The Balaban J connectivity index is 2.26. The molecule has 110 valence electrons. The van der Waals surface area contributed by atoms with Crippen LogP contribution >= 0.6 is 23.9 Å². The molecule has 0 fully saturated rings. The number of nitrogens with one attached hydrogen (secondary N) is 1. The van der Waals surface area contributed by atoms with Crippen LogP contribution in [-0.4, -0.2) is 47.3 Å². The summed E-state index contributed by atoms with van der Waals surface area (Å²) in [6, 6.07) is -1.04. The molecule has 0 bridgehead atoms. The van der Waals surface area contributed by atoms with Crippen molar-refractivity contribution in [2.24, 2.45) is 5.73 Å². The van der Waals surface area contributed by atoms with Gasteiger partial charge in [0.2, 0.25) is 5.95 Å². The largest absolute Gasteiger partial charge is 0.480 e. The van der Waals surface area contributed by atoms with Crippen LogP contribution in [0.15, 0.2) is 11.0 Å². The Morgan fingerprint density at radius 2 is 2.35 bits per heavy atom. The SMILES string of the molecule is CSN1C=C(C)n2c(nc(=O)n2SCC(N)C(=O)O)N1. The van der Waals surface area contributed by atoms with Gasteiger partial charge in [-0.1, -0.05) is 0 Å². The van der Waals surface area contributed by atoms with Gasteiger partial charge in [0.25, 0.3) is 0 Å². The van der Waals surface area contributed by atoms with Crippen molar-refractivity contribution in [2.75, 3.05) is 17.4 Å². The van der Waals surface area contributed by atoms with E-state index in [2.05, 4.69) is 10.4 Å². The van der Waals surface area contributed by atoms with Crippen molar-refractivity contribution >= 4 is 41.5 Å². The number of anilines is 1. The molecule has 1 atom stereocenters. The quantitative estimate of drug-likeness (QED) is 0.628. The average Bonchev–Trinajstić information content (AvgIpc) is 2.71. The molecule has 1 aliphatic heterocycles. The molecular formula is C9H14N6O3S2. The molecule has 1 aromatic heterocycles. The molecule has 9 nitrogen and oxygen atoms in total. The summed E-state index contributed by atoms with van der Waals surface area (Å²) >= 11 is 2.44. The minimum absolute atomic E-state index is 0.0693. The second-order valence-electron chi connectivity index (χ2n) is 3.93. The maximum Gasteiger partial charge on any atom is 0.376 e. The lowest BCUT2D eigenvalue weighted by atomic mass is 10.4. The van der Waals surface area contributed by atoms with E-state index >= 15 is 0 Å². The lowest BCUT2D eigenvalue weighted by Gasteiger charge is -2.25. The highest BCUT2D eigenvalue weighted by Crippen LogP contribution is 2.23. The van der Waals surface area contributed by atoms with Gasteiger partial charge in [-0.25, -0.2) is 13.9 Å². The maximum absolute atomic E-state index is 11.9. The molecule has 1 aliphatic rings. The molecule has 0 saturated heterocycles. The van der Waals surface area contributed by atoms with E-state index in [1.807, 2.05) is 13.2 Å². The number of allylic oxidation sites excluding steroid dienone is 1. The number of nitrogens with two attached hydrogens (primary N) is 1. The summed E-state index contributed by atoms with van der Waals surface area (Å²) < 4.78 is 4.58. The first-order valence-corrected chi connectivity index (χ1v) is 7.69. The van der Waals surface area contributed by atoms with Crippen LogP contribution in [-0.2, 0) is 4.79 Å². The van der Waals surface area contributed by atoms with Crippen molar-refractivity contribution in [1.82, 2.24) is 18.2 Å². The number of hydrogen-bond donors (Lipinski definition) is 3. The minimum Gasteiger partial charge on any atom is -0.480 e. The van der Waals surface area contributed by atoms with Gasteiger partial charge in [0.1, 0.15) is 6.04 Å². The number of carboxylic acid groups (broad SMARTS) is 1. The van der Waals surface area contributed by atoms with Gasteiger partial charge in [0, 0.05) is 12.0 Å². The Morgan fingerprint density at radius 1 is 1.65 bits per heavy atom. The van der Waals surface area contributed by atoms with E-state index in [1.165, 1.54) is 16.0 Å². The van der Waals surface area contributed by atoms with Crippen molar-refractivity contribution in [3.05, 3.63) is 16.7 Å². The Morgan fingerprint density at radius 3 is 2.95 bits per heavy atom. The molecule has 0 amide bonds. The molecule has 20 heavy (non-hydrogen) atoms. The smallest absolute Gasteiger partial charge is 0.376 e. The number of hydrazine groups is 1. The van der Waals surface area contributed by atoms with Crippen LogP contribution in [0.25, 0.3) is 5.70 Å². The third kappa shape index (κ3) is 2.78. The summed E-state index contributed by atoms with van der Waals surface area (Å²) in [4.78, 5) is 26.4. The van der Waals surface area contributed by atoms with Crippen molar-refractivity contribution in [3.63, 3.8) is 0 Å². The summed E-state index contributed by atoms with van der Waals surface area (Å²) in [6.45, 7) is 1.82. The fourth-order valence-corrected chi connectivity index (χ4v) is 2.87. The highest BCUT2D eigenvalue weighted by molar-refractivity contribution is 7.97.